The molecule has 0 fully saturated rings. The molecule has 0 amide bonds. The first-order valence-corrected chi connectivity index (χ1v) is 4.23. The normalized spacial score (nSPS) is 25.5. The Morgan fingerprint density at radius 1 is 1.73 bits per heavy atom. The molecule has 1 N–H and O–H groups in total. The number of aliphatic hydroxyl groups is 1. The fraction of sp³-hybridized carbons (Fsp3) is 0.600. The summed E-state index contributed by atoms with van der Waals surface area (Å²) < 4.78 is 0. The van der Waals surface area contributed by atoms with Crippen LogP contribution < -0.4 is 0 Å². The first-order chi connectivity index (χ1) is 5.25. The van der Waals surface area contributed by atoms with E-state index in [-0.39, 0.29) is 6.10 Å². The molecule has 1 atom stereocenters. The highest BCUT2D eigenvalue weighted by Gasteiger charge is 2.16. The largest absolute Gasteiger partial charge is 0.389 e. The minimum absolute atomic E-state index is 0.193. The Morgan fingerprint density at radius 3 is 3.00 bits per heavy atom. The minimum atomic E-state index is -0.193. The van der Waals surface area contributed by atoms with Crippen LogP contribution in [0.2, 0.25) is 0 Å². The molecule has 1 heteroatoms. The maximum absolute atomic E-state index is 9.56. The third-order valence-electron chi connectivity index (χ3n) is 2.34. The van der Waals surface area contributed by atoms with Crippen LogP contribution >= 0.6 is 0 Å². The summed E-state index contributed by atoms with van der Waals surface area (Å²) in [7, 11) is 0. The van der Waals surface area contributed by atoms with E-state index in [0.717, 1.165) is 25.7 Å². The summed E-state index contributed by atoms with van der Waals surface area (Å²) in [5.41, 5.74) is 2.56. The Morgan fingerprint density at radius 2 is 2.45 bits per heavy atom. The minimum Gasteiger partial charge on any atom is -0.389 e. The van der Waals surface area contributed by atoms with E-state index in [9.17, 15) is 5.11 Å². The summed E-state index contributed by atoms with van der Waals surface area (Å²) >= 11 is 0. The molecule has 0 saturated heterocycles. The van der Waals surface area contributed by atoms with Gasteiger partial charge in [-0.3, -0.25) is 0 Å². The highest BCUT2D eigenvalue weighted by Crippen LogP contribution is 2.26. The smallest absolute Gasteiger partial charge is 0.0755 e. The Bertz CT molecular complexity index is 179. The van der Waals surface area contributed by atoms with E-state index in [0.29, 0.717) is 0 Å². The van der Waals surface area contributed by atoms with Gasteiger partial charge in [0.15, 0.2) is 0 Å². The SMILES string of the molecule is C=CCC1=C(C)CCCC1O. The molecule has 1 unspecified atom stereocenters. The third-order valence-corrected chi connectivity index (χ3v) is 2.34. The molecular weight excluding hydrogens is 136 g/mol. The lowest BCUT2D eigenvalue weighted by molar-refractivity contribution is 0.186. The van der Waals surface area contributed by atoms with E-state index < -0.39 is 0 Å². The summed E-state index contributed by atoms with van der Waals surface area (Å²) in [6, 6.07) is 0. The number of allylic oxidation sites excluding steroid dienone is 2. The number of aliphatic hydroxyl groups excluding tert-OH is 1. The van der Waals surface area contributed by atoms with Crippen molar-refractivity contribution in [2.24, 2.45) is 0 Å². The molecule has 1 nitrogen and oxygen atoms in total. The van der Waals surface area contributed by atoms with Crippen molar-refractivity contribution >= 4 is 0 Å². The van der Waals surface area contributed by atoms with E-state index in [4.69, 9.17) is 0 Å². The quantitative estimate of drug-likeness (QED) is 0.602. The Kier molecular flexibility index (Phi) is 2.89. The zero-order valence-electron chi connectivity index (χ0n) is 7.14. The van der Waals surface area contributed by atoms with Gasteiger partial charge in [0, 0.05) is 0 Å². The summed E-state index contributed by atoms with van der Waals surface area (Å²) in [5.74, 6) is 0. The van der Waals surface area contributed by atoms with Crippen molar-refractivity contribution < 1.29 is 5.11 Å². The summed E-state index contributed by atoms with van der Waals surface area (Å²) in [4.78, 5) is 0. The fourth-order valence-corrected chi connectivity index (χ4v) is 1.65. The molecule has 0 aromatic carbocycles. The van der Waals surface area contributed by atoms with Crippen molar-refractivity contribution in [2.75, 3.05) is 0 Å². The van der Waals surface area contributed by atoms with Gasteiger partial charge in [-0.1, -0.05) is 11.6 Å². The topological polar surface area (TPSA) is 20.2 Å². The van der Waals surface area contributed by atoms with Crippen LogP contribution in [0.1, 0.15) is 32.6 Å². The van der Waals surface area contributed by atoms with Crippen LogP contribution in [0.3, 0.4) is 0 Å². The molecule has 1 aliphatic carbocycles. The lowest BCUT2D eigenvalue weighted by Crippen LogP contribution is -2.15. The van der Waals surface area contributed by atoms with Gasteiger partial charge in [-0.15, -0.1) is 6.58 Å². The molecule has 0 aromatic heterocycles. The summed E-state index contributed by atoms with van der Waals surface area (Å²) in [6.45, 7) is 5.79. The van der Waals surface area contributed by atoms with Gasteiger partial charge in [-0.05, 0) is 38.2 Å². The van der Waals surface area contributed by atoms with Gasteiger partial charge in [0.05, 0.1) is 6.10 Å². The average Bonchev–Trinajstić information content (AvgIpc) is 1.97. The Hall–Kier alpha value is -0.560. The molecule has 0 radical (unpaired) electrons. The van der Waals surface area contributed by atoms with E-state index >= 15 is 0 Å². The van der Waals surface area contributed by atoms with Crippen molar-refractivity contribution in [3.63, 3.8) is 0 Å². The third kappa shape index (κ3) is 1.93. The Balaban J connectivity index is 2.73. The van der Waals surface area contributed by atoms with Gasteiger partial charge in [-0.25, -0.2) is 0 Å². The molecule has 0 saturated carbocycles. The molecule has 0 bridgehead atoms. The lowest BCUT2D eigenvalue weighted by atomic mass is 9.88. The molecule has 0 aliphatic heterocycles. The van der Waals surface area contributed by atoms with Crippen molar-refractivity contribution in [3.8, 4) is 0 Å². The average molecular weight is 152 g/mol. The number of hydrogen-bond donors (Lipinski definition) is 1. The van der Waals surface area contributed by atoms with E-state index in [1.165, 1.54) is 11.1 Å². The van der Waals surface area contributed by atoms with Gasteiger partial charge in [0.2, 0.25) is 0 Å². The lowest BCUT2D eigenvalue weighted by Gasteiger charge is -2.22. The van der Waals surface area contributed by atoms with Gasteiger partial charge >= 0.3 is 0 Å². The molecule has 11 heavy (non-hydrogen) atoms. The highest BCUT2D eigenvalue weighted by atomic mass is 16.3. The summed E-state index contributed by atoms with van der Waals surface area (Å²) in [6.07, 6.45) is 5.75. The second-order valence-corrected chi connectivity index (χ2v) is 3.21. The predicted molar refractivity (Wildman–Crippen MR) is 47.4 cm³/mol. The molecule has 0 heterocycles. The van der Waals surface area contributed by atoms with Gasteiger partial charge in [-0.2, -0.15) is 0 Å². The van der Waals surface area contributed by atoms with Gasteiger partial charge < -0.3 is 5.11 Å². The van der Waals surface area contributed by atoms with E-state index in [2.05, 4.69) is 13.5 Å². The molecule has 0 aromatic rings. The fourth-order valence-electron chi connectivity index (χ4n) is 1.65. The zero-order chi connectivity index (χ0) is 8.27. The van der Waals surface area contributed by atoms with Crippen LogP contribution in [0.25, 0.3) is 0 Å². The molecule has 62 valence electrons. The van der Waals surface area contributed by atoms with Crippen molar-refractivity contribution in [1.82, 2.24) is 0 Å². The second kappa shape index (κ2) is 3.72. The monoisotopic (exact) mass is 152 g/mol. The van der Waals surface area contributed by atoms with E-state index in [1.807, 2.05) is 6.08 Å². The first-order valence-electron chi connectivity index (χ1n) is 4.23. The maximum atomic E-state index is 9.56. The standard InChI is InChI=1S/C10H16O/c1-3-5-9-8(2)6-4-7-10(9)11/h3,10-11H,1,4-7H2,2H3. The second-order valence-electron chi connectivity index (χ2n) is 3.21. The first kappa shape index (κ1) is 8.54. The van der Waals surface area contributed by atoms with Gasteiger partial charge in [0.25, 0.3) is 0 Å². The molecule has 1 aliphatic rings. The highest BCUT2D eigenvalue weighted by molar-refractivity contribution is 5.21. The van der Waals surface area contributed by atoms with Crippen LogP contribution in [-0.4, -0.2) is 11.2 Å². The van der Waals surface area contributed by atoms with Crippen LogP contribution in [0, 0.1) is 0 Å². The number of rotatable bonds is 2. The number of hydrogen-bond acceptors (Lipinski definition) is 1. The predicted octanol–water partition coefficient (Wildman–Crippen LogP) is 2.42. The Labute approximate surface area is 68.4 Å². The van der Waals surface area contributed by atoms with Crippen molar-refractivity contribution in [3.05, 3.63) is 23.8 Å². The van der Waals surface area contributed by atoms with Crippen LogP contribution in [0.4, 0.5) is 0 Å². The van der Waals surface area contributed by atoms with Crippen LogP contribution in [-0.2, 0) is 0 Å². The molecular formula is C10H16O. The van der Waals surface area contributed by atoms with Crippen molar-refractivity contribution in [1.29, 1.82) is 0 Å². The molecule has 1 rings (SSSR count). The van der Waals surface area contributed by atoms with Crippen molar-refractivity contribution in [2.45, 2.75) is 38.7 Å². The van der Waals surface area contributed by atoms with E-state index in [1.54, 1.807) is 0 Å². The van der Waals surface area contributed by atoms with Crippen LogP contribution in [0.15, 0.2) is 23.8 Å². The molecule has 0 spiro atoms. The maximum Gasteiger partial charge on any atom is 0.0755 e. The van der Waals surface area contributed by atoms with Crippen LogP contribution in [0.5, 0.6) is 0 Å². The van der Waals surface area contributed by atoms with Gasteiger partial charge in [0.1, 0.15) is 0 Å². The zero-order valence-corrected chi connectivity index (χ0v) is 7.14. The summed E-state index contributed by atoms with van der Waals surface area (Å²) in [5, 5.41) is 9.56.